The first-order chi connectivity index (χ1) is 13.7. The van der Waals surface area contributed by atoms with E-state index in [-0.39, 0.29) is 23.6 Å². The van der Waals surface area contributed by atoms with Gasteiger partial charge in [0.25, 0.3) is 5.91 Å². The van der Waals surface area contributed by atoms with Gasteiger partial charge >= 0.3 is 0 Å². The molecule has 0 saturated heterocycles. The first-order valence-corrected chi connectivity index (χ1v) is 10.0. The van der Waals surface area contributed by atoms with E-state index in [1.807, 2.05) is 60.7 Å². The Labute approximate surface area is 167 Å². The minimum atomic E-state index is -0.702. The number of carbonyl (C=O) groups is 2. The van der Waals surface area contributed by atoms with Crippen molar-refractivity contribution in [2.75, 3.05) is 0 Å². The van der Waals surface area contributed by atoms with Crippen molar-refractivity contribution in [1.29, 1.82) is 0 Å². The lowest BCUT2D eigenvalue weighted by atomic mass is 10.0. The summed E-state index contributed by atoms with van der Waals surface area (Å²) in [5.41, 5.74) is 2.08. The fourth-order valence-corrected chi connectivity index (χ4v) is 3.62. The number of benzene rings is 2. The molecule has 6 nitrogen and oxygen atoms in total. The lowest BCUT2D eigenvalue weighted by Crippen LogP contribution is -2.45. The van der Waals surface area contributed by atoms with E-state index in [0.717, 1.165) is 35.5 Å². The van der Waals surface area contributed by atoms with Gasteiger partial charge in [-0.3, -0.25) is 9.59 Å². The van der Waals surface area contributed by atoms with Gasteiger partial charge in [-0.05, 0) is 35.5 Å². The van der Waals surface area contributed by atoms with Crippen LogP contribution in [0.25, 0.3) is 0 Å². The van der Waals surface area contributed by atoms with Crippen molar-refractivity contribution in [2.24, 2.45) is 0 Å². The minimum Gasteiger partial charge on any atom is -0.350 e. The molecular weight excluding hydrogens is 372 g/mol. The highest BCUT2D eigenvalue weighted by molar-refractivity contribution is 7.03. The highest BCUT2D eigenvalue weighted by Crippen LogP contribution is 2.36. The zero-order chi connectivity index (χ0) is 19.3. The van der Waals surface area contributed by atoms with Crippen LogP contribution in [0, 0.1) is 0 Å². The molecular formula is C21H20N4O2S. The number of aromatic nitrogens is 2. The van der Waals surface area contributed by atoms with Crippen molar-refractivity contribution in [3.8, 4) is 0 Å². The molecule has 2 aromatic carbocycles. The summed E-state index contributed by atoms with van der Waals surface area (Å²) in [5.74, 6) is -0.446. The summed E-state index contributed by atoms with van der Waals surface area (Å²) in [6.45, 7) is 0.411. The molecule has 1 heterocycles. The van der Waals surface area contributed by atoms with Gasteiger partial charge in [0.2, 0.25) is 5.91 Å². The Morgan fingerprint density at radius 3 is 2.36 bits per heavy atom. The first kappa shape index (κ1) is 18.3. The van der Waals surface area contributed by atoms with Crippen molar-refractivity contribution < 1.29 is 9.59 Å². The van der Waals surface area contributed by atoms with E-state index in [9.17, 15) is 9.59 Å². The molecule has 0 aliphatic heterocycles. The van der Waals surface area contributed by atoms with Gasteiger partial charge in [-0.2, -0.15) is 0 Å². The maximum atomic E-state index is 13.2. The maximum absolute atomic E-state index is 13.2. The number of hydrogen-bond donors (Lipinski definition) is 1. The molecule has 142 valence electrons. The number of nitrogens with zero attached hydrogens (tertiary/aromatic N) is 3. The van der Waals surface area contributed by atoms with E-state index in [2.05, 4.69) is 14.9 Å². The molecule has 1 aliphatic rings. The van der Waals surface area contributed by atoms with Crippen LogP contribution >= 0.6 is 11.5 Å². The van der Waals surface area contributed by atoms with Crippen LogP contribution in [-0.4, -0.2) is 32.3 Å². The number of carbonyl (C=O) groups excluding carboxylic acids is 2. The Bertz CT molecular complexity index is 928. The third kappa shape index (κ3) is 4.09. The summed E-state index contributed by atoms with van der Waals surface area (Å²) in [7, 11) is 0. The molecule has 1 saturated carbocycles. The van der Waals surface area contributed by atoms with Crippen LogP contribution in [0.5, 0.6) is 0 Å². The summed E-state index contributed by atoms with van der Waals surface area (Å²) in [6, 6.07) is 18.5. The lowest BCUT2D eigenvalue weighted by molar-refractivity contribution is -0.126. The molecule has 0 bridgehead atoms. The van der Waals surface area contributed by atoms with Crippen LogP contribution < -0.4 is 5.32 Å². The molecule has 0 unspecified atom stereocenters. The molecule has 0 radical (unpaired) electrons. The Morgan fingerprint density at radius 2 is 1.75 bits per heavy atom. The van der Waals surface area contributed by atoms with Crippen molar-refractivity contribution >= 4 is 23.3 Å². The van der Waals surface area contributed by atoms with Gasteiger partial charge in [-0.1, -0.05) is 65.2 Å². The van der Waals surface area contributed by atoms with Gasteiger partial charge in [0, 0.05) is 18.0 Å². The Hall–Kier alpha value is -3.06. The topological polar surface area (TPSA) is 75.2 Å². The van der Waals surface area contributed by atoms with Gasteiger partial charge in [-0.15, -0.1) is 5.10 Å². The fraction of sp³-hybridized carbons (Fsp3) is 0.238. The molecule has 28 heavy (non-hydrogen) atoms. The summed E-state index contributed by atoms with van der Waals surface area (Å²) >= 11 is 1.13. The van der Waals surface area contributed by atoms with Gasteiger partial charge < -0.3 is 10.2 Å². The van der Waals surface area contributed by atoms with E-state index in [4.69, 9.17) is 0 Å². The van der Waals surface area contributed by atoms with Crippen LogP contribution in [0.15, 0.2) is 66.0 Å². The molecule has 7 heteroatoms. The van der Waals surface area contributed by atoms with E-state index in [1.165, 1.54) is 0 Å². The zero-order valence-electron chi connectivity index (χ0n) is 15.2. The smallest absolute Gasteiger partial charge is 0.276 e. The van der Waals surface area contributed by atoms with Crippen LogP contribution in [0.3, 0.4) is 0 Å². The van der Waals surface area contributed by atoms with Gasteiger partial charge in [-0.25, -0.2) is 0 Å². The Morgan fingerprint density at radius 1 is 1.07 bits per heavy atom. The number of rotatable bonds is 7. The molecule has 1 N–H and O–H groups in total. The normalized spacial score (nSPS) is 14.3. The van der Waals surface area contributed by atoms with Gasteiger partial charge in [0.05, 0.1) is 0 Å². The van der Waals surface area contributed by atoms with E-state index < -0.39 is 6.04 Å². The third-order valence-corrected chi connectivity index (χ3v) is 5.21. The standard InChI is InChI=1S/C21H20N4O2S/c26-20(22-13-15-7-3-1-4-8-15)19(16-9-5-2-6-10-16)25(17-11-12-17)21(27)18-14-28-24-23-18/h1-10,14,17,19H,11-13H2,(H,22,26)/t19-/m1/s1. The largest absolute Gasteiger partial charge is 0.350 e. The third-order valence-electron chi connectivity index (χ3n) is 4.71. The van der Waals surface area contributed by atoms with Crippen LogP contribution in [0.2, 0.25) is 0 Å². The monoisotopic (exact) mass is 392 g/mol. The number of nitrogens with one attached hydrogen (secondary N) is 1. The van der Waals surface area contributed by atoms with Crippen molar-refractivity contribution in [1.82, 2.24) is 19.8 Å². The predicted molar refractivity (Wildman–Crippen MR) is 107 cm³/mol. The second kappa shape index (κ2) is 8.31. The minimum absolute atomic E-state index is 0.0434. The predicted octanol–water partition coefficient (Wildman–Crippen LogP) is 3.20. The summed E-state index contributed by atoms with van der Waals surface area (Å²) in [5, 5.41) is 8.54. The van der Waals surface area contributed by atoms with E-state index in [1.54, 1.807) is 10.3 Å². The van der Waals surface area contributed by atoms with Gasteiger partial charge in [0.15, 0.2) is 5.69 Å². The molecule has 0 spiro atoms. The molecule has 3 aromatic rings. The fourth-order valence-electron chi connectivity index (χ4n) is 3.19. The van der Waals surface area contributed by atoms with Crippen molar-refractivity contribution in [3.05, 3.63) is 82.9 Å². The Kier molecular flexibility index (Phi) is 5.43. The lowest BCUT2D eigenvalue weighted by Gasteiger charge is -2.31. The molecule has 1 fully saturated rings. The number of amides is 2. The summed E-state index contributed by atoms with van der Waals surface area (Å²) in [4.78, 5) is 28.0. The quantitative estimate of drug-likeness (QED) is 0.670. The van der Waals surface area contributed by atoms with Crippen molar-refractivity contribution in [3.63, 3.8) is 0 Å². The van der Waals surface area contributed by atoms with Crippen LogP contribution in [0.4, 0.5) is 0 Å². The van der Waals surface area contributed by atoms with E-state index >= 15 is 0 Å². The second-order valence-electron chi connectivity index (χ2n) is 6.75. The average Bonchev–Trinajstić information content (AvgIpc) is 3.43. The highest BCUT2D eigenvalue weighted by Gasteiger charge is 2.42. The molecule has 2 amide bonds. The second-order valence-corrected chi connectivity index (χ2v) is 7.36. The van der Waals surface area contributed by atoms with E-state index in [0.29, 0.717) is 6.54 Å². The highest BCUT2D eigenvalue weighted by atomic mass is 32.1. The molecule has 1 atom stereocenters. The SMILES string of the molecule is O=C(NCc1ccccc1)[C@@H](c1ccccc1)N(C(=O)c1csnn1)C1CC1. The van der Waals surface area contributed by atoms with Crippen LogP contribution in [-0.2, 0) is 11.3 Å². The van der Waals surface area contributed by atoms with Gasteiger partial charge in [0.1, 0.15) is 6.04 Å². The molecule has 4 rings (SSSR count). The summed E-state index contributed by atoms with van der Waals surface area (Å²) in [6.07, 6.45) is 1.78. The van der Waals surface area contributed by atoms with Crippen LogP contribution in [0.1, 0.15) is 40.5 Å². The Balaban J connectivity index is 1.62. The maximum Gasteiger partial charge on any atom is 0.276 e. The molecule has 1 aliphatic carbocycles. The van der Waals surface area contributed by atoms with Crippen molar-refractivity contribution in [2.45, 2.75) is 31.5 Å². The average molecular weight is 392 g/mol. The first-order valence-electron chi connectivity index (χ1n) is 9.20. The molecule has 1 aromatic heterocycles. The zero-order valence-corrected chi connectivity index (χ0v) is 16.0. The summed E-state index contributed by atoms with van der Waals surface area (Å²) < 4.78 is 3.80. The number of hydrogen-bond acceptors (Lipinski definition) is 5.